The molecule has 6 aromatic heterocycles. The average molecular weight is 1580 g/mol. The summed E-state index contributed by atoms with van der Waals surface area (Å²) in [7, 11) is -15.6. The van der Waals surface area contributed by atoms with Crippen LogP contribution in [0.1, 0.15) is 244 Å². The summed E-state index contributed by atoms with van der Waals surface area (Å²) in [5.41, 5.74) is 19.1. The summed E-state index contributed by atoms with van der Waals surface area (Å²) >= 11 is 0. The van der Waals surface area contributed by atoms with E-state index in [2.05, 4.69) is 58.7 Å². The standard InChI is InChI=1S/C69H112N15O21P3/c1-3-5-7-9-11-13-15-17-19-21-23-25-27-29-33-94-39-52(95-34-30-28-26-24-22-20-18-16-14-12-10-8-6-4-2)40-96-56(86)31-32-57(87)105-108(92,93)104-55-37-51(101-69(55)84-48-81-60-63(72)75-45-78-66(60)84)42-98-107(90,91)103-54-36-50(100-68(54)83-47-80-59-62(71)74-44-77-65(59)83)41-97-106(88,89)102-53-35-49(38-85)99-67(53)82-46-79-58-61(70)73-43-76-64(58)82/h43-55,67-69,85H,3-42H2,1-2H3,(H,88,89)(H,90,91)(H,92,93)(H2,70,73,76)(H2,71,74,77)(H2,72,75,78)/t49-,50-,51-,52?,53+,54+,55+,67+,68+,69+/m0/s1. The van der Waals surface area contributed by atoms with E-state index in [4.69, 9.17) is 72.8 Å². The first kappa shape index (κ1) is 86.1. The number of hydrogen-bond acceptors (Lipinski definition) is 30. The second-order valence-corrected chi connectivity index (χ2v) is 32.1. The van der Waals surface area contributed by atoms with Gasteiger partial charge in [-0.25, -0.2) is 58.6 Å². The zero-order valence-corrected chi connectivity index (χ0v) is 64.9. The lowest BCUT2D eigenvalue weighted by Crippen LogP contribution is -2.28. The normalized spacial score (nSPS) is 22.3. The number of hydrogen-bond donors (Lipinski definition) is 7. The largest absolute Gasteiger partial charge is 0.530 e. The Balaban J connectivity index is 0.756. The molecule has 0 amide bonds. The molecule has 3 saturated heterocycles. The first-order valence-electron chi connectivity index (χ1n) is 38.5. The molecule has 604 valence electrons. The molecule has 6 aromatic rings. The number of rotatable bonds is 55. The Morgan fingerprint density at radius 3 is 1.19 bits per heavy atom. The van der Waals surface area contributed by atoms with Crippen LogP contribution in [0.2, 0.25) is 0 Å². The van der Waals surface area contributed by atoms with E-state index in [9.17, 15) is 43.1 Å². The van der Waals surface area contributed by atoms with E-state index >= 15 is 0 Å². The van der Waals surface area contributed by atoms with Crippen molar-refractivity contribution in [3.05, 3.63) is 38.0 Å². The zero-order chi connectivity index (χ0) is 76.7. The minimum absolute atomic E-state index is 0.00706. The van der Waals surface area contributed by atoms with Crippen molar-refractivity contribution in [3.63, 3.8) is 0 Å². The van der Waals surface area contributed by atoms with Crippen LogP contribution >= 0.6 is 23.5 Å². The van der Waals surface area contributed by atoms with Gasteiger partial charge in [0.2, 0.25) is 0 Å². The van der Waals surface area contributed by atoms with Gasteiger partial charge in [-0.2, -0.15) is 0 Å². The molecule has 3 aliphatic rings. The van der Waals surface area contributed by atoms with Gasteiger partial charge in [0.15, 0.2) is 53.1 Å². The Morgan fingerprint density at radius 1 is 0.463 bits per heavy atom. The number of anilines is 3. The number of aliphatic hydroxyl groups is 1. The number of phosphoric ester groups is 3. The molecule has 39 heteroatoms. The molecule has 13 atom stereocenters. The molecule has 10 N–H and O–H groups in total. The Morgan fingerprint density at radius 2 is 0.806 bits per heavy atom. The highest BCUT2D eigenvalue weighted by Crippen LogP contribution is 2.54. The molecule has 4 unspecified atom stereocenters. The number of nitrogens with two attached hydrogens (primary N) is 3. The molecule has 9 rings (SSSR count). The molecule has 3 aliphatic heterocycles. The number of phosphoric acid groups is 3. The Bertz CT molecular complexity index is 3840. The topological polar surface area (TPSA) is 486 Å². The fourth-order valence-corrected chi connectivity index (χ4v) is 16.4. The smallest absolute Gasteiger partial charge is 0.463 e. The number of fused-ring (bicyclic) bond motifs is 3. The molecule has 3 fully saturated rings. The van der Waals surface area contributed by atoms with Crippen LogP contribution in [0.3, 0.4) is 0 Å². The van der Waals surface area contributed by atoms with E-state index in [-0.39, 0.29) is 83.4 Å². The van der Waals surface area contributed by atoms with Gasteiger partial charge in [0.1, 0.15) is 66.6 Å². The van der Waals surface area contributed by atoms with Gasteiger partial charge < -0.3 is 65.0 Å². The number of aliphatic hydroxyl groups excluding tert-OH is 1. The minimum Gasteiger partial charge on any atom is -0.463 e. The maximum Gasteiger partial charge on any atom is 0.530 e. The van der Waals surface area contributed by atoms with E-state index in [0.29, 0.717) is 13.2 Å². The first-order valence-corrected chi connectivity index (χ1v) is 43.0. The van der Waals surface area contributed by atoms with Crippen LogP contribution in [0, 0.1) is 0 Å². The maximum atomic E-state index is 14.2. The molecule has 0 bridgehead atoms. The number of nitrogens with zero attached hydrogens (tertiary/aromatic N) is 12. The van der Waals surface area contributed by atoms with Crippen LogP contribution in [0.15, 0.2) is 38.0 Å². The molecule has 0 saturated carbocycles. The summed E-state index contributed by atoms with van der Waals surface area (Å²) < 4.78 is 115. The monoisotopic (exact) mass is 1580 g/mol. The highest BCUT2D eigenvalue weighted by atomic mass is 31.2. The minimum atomic E-state index is -5.37. The van der Waals surface area contributed by atoms with Crippen molar-refractivity contribution in [2.45, 2.75) is 287 Å². The van der Waals surface area contributed by atoms with Crippen LogP contribution in [0.4, 0.5) is 17.5 Å². The number of imidazole rings is 3. The second kappa shape index (κ2) is 44.4. The molecule has 108 heavy (non-hydrogen) atoms. The predicted molar refractivity (Wildman–Crippen MR) is 395 cm³/mol. The van der Waals surface area contributed by atoms with Crippen molar-refractivity contribution < 1.29 is 98.6 Å². The number of carbonyl (C=O) groups excluding carboxylic acids is 2. The Kier molecular flexibility index (Phi) is 35.4. The summed E-state index contributed by atoms with van der Waals surface area (Å²) in [6, 6.07) is 0. The van der Waals surface area contributed by atoms with Gasteiger partial charge in [-0.05, 0) is 12.8 Å². The van der Waals surface area contributed by atoms with Crippen molar-refractivity contribution >= 4 is 86.4 Å². The van der Waals surface area contributed by atoms with E-state index < -0.39 is 129 Å². The van der Waals surface area contributed by atoms with Crippen LogP contribution in [0.5, 0.6) is 0 Å². The lowest BCUT2D eigenvalue weighted by molar-refractivity contribution is -0.152. The van der Waals surface area contributed by atoms with Crippen molar-refractivity contribution in [1.29, 1.82) is 0 Å². The Labute approximate surface area is 629 Å². The number of nitrogen functional groups attached to an aromatic ring is 3. The fourth-order valence-electron chi connectivity index (χ4n) is 13.6. The average Bonchev–Trinajstić information content (AvgIpc) is 1.64. The zero-order valence-electron chi connectivity index (χ0n) is 62.2. The maximum absolute atomic E-state index is 14.2. The van der Waals surface area contributed by atoms with Crippen LogP contribution in [0.25, 0.3) is 33.5 Å². The quantitative estimate of drug-likeness (QED) is 0.0106. The van der Waals surface area contributed by atoms with Crippen LogP contribution < -0.4 is 17.2 Å². The van der Waals surface area contributed by atoms with Gasteiger partial charge in [0.05, 0.1) is 76.6 Å². The number of unbranched alkanes of at least 4 members (excludes halogenated alkanes) is 26. The van der Waals surface area contributed by atoms with E-state index in [1.54, 1.807) is 0 Å². The van der Waals surface area contributed by atoms with E-state index in [1.807, 2.05) is 0 Å². The molecule has 0 radical (unpaired) electrons. The van der Waals surface area contributed by atoms with Crippen molar-refractivity contribution in [3.8, 4) is 0 Å². The highest BCUT2D eigenvalue weighted by Gasteiger charge is 2.48. The van der Waals surface area contributed by atoms with Crippen molar-refractivity contribution in [1.82, 2.24) is 58.6 Å². The molecule has 36 nitrogen and oxygen atoms in total. The Hall–Kier alpha value is -5.88. The van der Waals surface area contributed by atoms with Crippen molar-refractivity contribution in [2.24, 2.45) is 0 Å². The van der Waals surface area contributed by atoms with Crippen LogP contribution in [-0.4, -0.2) is 179 Å². The van der Waals surface area contributed by atoms with Gasteiger partial charge >= 0.3 is 35.4 Å². The lowest BCUT2D eigenvalue weighted by Gasteiger charge is -2.23. The second-order valence-electron chi connectivity index (χ2n) is 27.9. The number of aromatic nitrogens is 12. The fraction of sp³-hybridized carbons (Fsp3) is 0.754. The third kappa shape index (κ3) is 27.2. The molecular formula is C69H112N15O21P3. The molecular weight excluding hydrogens is 1470 g/mol. The highest BCUT2D eigenvalue weighted by molar-refractivity contribution is 7.48. The molecule has 9 heterocycles. The summed E-state index contributed by atoms with van der Waals surface area (Å²) in [4.78, 5) is 97.7. The number of esters is 1. The molecule has 0 aromatic carbocycles. The third-order valence-electron chi connectivity index (χ3n) is 19.3. The van der Waals surface area contributed by atoms with Crippen LogP contribution in [-0.2, 0) is 78.8 Å². The molecule has 0 aliphatic carbocycles. The van der Waals surface area contributed by atoms with E-state index in [0.717, 1.165) is 51.2 Å². The predicted octanol–water partition coefficient (Wildman–Crippen LogP) is 11.8. The van der Waals surface area contributed by atoms with Gasteiger partial charge in [-0.15, -0.1) is 0 Å². The van der Waals surface area contributed by atoms with E-state index in [1.165, 1.54) is 180 Å². The molecule has 0 spiro atoms. The van der Waals surface area contributed by atoms with Gasteiger partial charge in [0.25, 0.3) is 0 Å². The summed E-state index contributed by atoms with van der Waals surface area (Å²) in [6.07, 6.45) is 28.2. The van der Waals surface area contributed by atoms with Gasteiger partial charge in [-0.3, -0.25) is 50.8 Å². The van der Waals surface area contributed by atoms with Gasteiger partial charge in [0, 0.05) is 32.5 Å². The summed E-state index contributed by atoms with van der Waals surface area (Å²) in [6.45, 7) is 3.68. The summed E-state index contributed by atoms with van der Waals surface area (Å²) in [5.74, 6) is -2.01. The number of carbonyl (C=O) groups is 2. The third-order valence-corrected chi connectivity index (χ3v) is 22.3. The summed E-state index contributed by atoms with van der Waals surface area (Å²) in [5, 5.41) is 10.0. The first-order chi connectivity index (χ1) is 52.2. The van der Waals surface area contributed by atoms with Gasteiger partial charge in [-0.1, -0.05) is 181 Å². The van der Waals surface area contributed by atoms with Crippen molar-refractivity contribution in [2.75, 3.05) is 63.4 Å². The lowest BCUT2D eigenvalue weighted by atomic mass is 10.0. The number of ether oxygens (including phenoxy) is 6. The SMILES string of the molecule is CCCCCCCCCCCCCCCCOCC(COC(=O)CCC(=O)OP(=O)(O)O[C@@H]1C[C@@H](COP(=O)(O)O[C@@H]2C[C@@H](COP(=O)(O)O[C@@H]3C[C@@H](CO)O[C@H]3n3cnc4c(N)ncnc43)O[C@H]2n2cnc3c(N)ncnc32)O[C@H]1n1cnc2c(N)ncnc21)OCCCCCCCCCCCCCCCC.